The van der Waals surface area contributed by atoms with Gasteiger partial charge >= 0.3 is 0 Å². The molecule has 0 unspecified atom stereocenters. The lowest BCUT2D eigenvalue weighted by Gasteiger charge is -2.10. The number of hydrogen-bond acceptors (Lipinski definition) is 3. The highest BCUT2D eigenvalue weighted by molar-refractivity contribution is 9.10. The Morgan fingerprint density at radius 1 is 1.50 bits per heavy atom. The molecule has 0 spiro atoms. The van der Waals surface area contributed by atoms with Crippen LogP contribution in [0.25, 0.3) is 0 Å². The monoisotopic (exact) mass is 230 g/mol. The van der Waals surface area contributed by atoms with Crippen molar-refractivity contribution < 1.29 is 5.11 Å². The first-order chi connectivity index (χ1) is 5.65. The summed E-state index contributed by atoms with van der Waals surface area (Å²) in [5.74, 6) is 0.191. The van der Waals surface area contributed by atoms with Crippen LogP contribution in [0.4, 0.5) is 0 Å². The molecule has 1 rings (SSSR count). The number of hydrogen-bond donors (Lipinski definition) is 3. The van der Waals surface area contributed by atoms with Crippen LogP contribution in [0, 0.1) is 0 Å². The molecule has 0 aromatic heterocycles. The fourth-order valence-corrected chi connectivity index (χ4v) is 1.33. The van der Waals surface area contributed by atoms with E-state index in [-0.39, 0.29) is 11.8 Å². The Kier molecular flexibility index (Phi) is 3.08. The van der Waals surface area contributed by atoms with E-state index in [0.29, 0.717) is 12.1 Å². The van der Waals surface area contributed by atoms with Gasteiger partial charge in [0.25, 0.3) is 0 Å². The summed E-state index contributed by atoms with van der Waals surface area (Å²) in [5, 5.41) is 9.38. The SMILES string of the molecule is NC[C@@H](N)c1cc(Br)ccc1O. The number of phenols is 1. The Bertz CT molecular complexity index is 278. The van der Waals surface area contributed by atoms with E-state index in [4.69, 9.17) is 11.5 Å². The molecule has 1 aromatic carbocycles. The zero-order valence-electron chi connectivity index (χ0n) is 6.50. The average molecular weight is 231 g/mol. The van der Waals surface area contributed by atoms with E-state index in [9.17, 15) is 5.11 Å². The van der Waals surface area contributed by atoms with Gasteiger partial charge in [0.2, 0.25) is 0 Å². The fourth-order valence-electron chi connectivity index (χ4n) is 0.949. The van der Waals surface area contributed by atoms with Crippen LogP contribution in [-0.4, -0.2) is 11.7 Å². The van der Waals surface area contributed by atoms with Crippen LogP contribution in [0.1, 0.15) is 11.6 Å². The van der Waals surface area contributed by atoms with Gasteiger partial charge in [0.15, 0.2) is 0 Å². The minimum absolute atomic E-state index is 0.191. The number of rotatable bonds is 2. The van der Waals surface area contributed by atoms with Gasteiger partial charge in [-0.3, -0.25) is 0 Å². The number of nitrogens with two attached hydrogens (primary N) is 2. The van der Waals surface area contributed by atoms with Crippen LogP contribution >= 0.6 is 15.9 Å². The molecule has 12 heavy (non-hydrogen) atoms. The zero-order chi connectivity index (χ0) is 9.14. The van der Waals surface area contributed by atoms with Crippen molar-refractivity contribution in [3.05, 3.63) is 28.2 Å². The van der Waals surface area contributed by atoms with E-state index in [0.717, 1.165) is 4.47 Å². The third kappa shape index (κ3) is 1.97. The molecule has 1 aromatic rings. The smallest absolute Gasteiger partial charge is 0.120 e. The highest BCUT2D eigenvalue weighted by Gasteiger charge is 2.08. The normalized spacial score (nSPS) is 12.9. The molecule has 0 heterocycles. The van der Waals surface area contributed by atoms with Gasteiger partial charge < -0.3 is 16.6 Å². The van der Waals surface area contributed by atoms with Gasteiger partial charge in [0, 0.05) is 22.6 Å². The molecule has 0 bridgehead atoms. The molecule has 0 aliphatic carbocycles. The molecule has 0 aliphatic heterocycles. The van der Waals surface area contributed by atoms with Crippen molar-refractivity contribution >= 4 is 15.9 Å². The van der Waals surface area contributed by atoms with E-state index in [1.54, 1.807) is 18.2 Å². The minimum atomic E-state index is -0.303. The number of halogens is 1. The number of aromatic hydroxyl groups is 1. The third-order valence-corrected chi connectivity index (χ3v) is 2.14. The van der Waals surface area contributed by atoms with E-state index >= 15 is 0 Å². The minimum Gasteiger partial charge on any atom is -0.508 e. The van der Waals surface area contributed by atoms with Crippen molar-refractivity contribution in [1.29, 1.82) is 0 Å². The molecule has 0 amide bonds. The van der Waals surface area contributed by atoms with E-state index in [2.05, 4.69) is 15.9 Å². The van der Waals surface area contributed by atoms with E-state index in [1.165, 1.54) is 0 Å². The van der Waals surface area contributed by atoms with Crippen molar-refractivity contribution in [2.45, 2.75) is 6.04 Å². The summed E-state index contributed by atoms with van der Waals surface area (Å²) < 4.78 is 0.888. The van der Waals surface area contributed by atoms with Crippen molar-refractivity contribution in [3.8, 4) is 5.75 Å². The maximum absolute atomic E-state index is 9.38. The highest BCUT2D eigenvalue weighted by atomic mass is 79.9. The largest absolute Gasteiger partial charge is 0.508 e. The van der Waals surface area contributed by atoms with Gasteiger partial charge in [-0.25, -0.2) is 0 Å². The molecule has 0 saturated carbocycles. The molecule has 3 nitrogen and oxygen atoms in total. The van der Waals surface area contributed by atoms with Gasteiger partial charge in [0.05, 0.1) is 0 Å². The average Bonchev–Trinajstić information content (AvgIpc) is 2.08. The lowest BCUT2D eigenvalue weighted by atomic mass is 10.1. The maximum Gasteiger partial charge on any atom is 0.120 e. The van der Waals surface area contributed by atoms with Crippen LogP contribution in [0.5, 0.6) is 5.75 Å². The summed E-state index contributed by atoms with van der Waals surface area (Å²) in [4.78, 5) is 0. The molecule has 0 radical (unpaired) electrons. The van der Waals surface area contributed by atoms with Crippen LogP contribution in [0.2, 0.25) is 0 Å². The lowest BCUT2D eigenvalue weighted by Crippen LogP contribution is -2.20. The zero-order valence-corrected chi connectivity index (χ0v) is 8.08. The molecule has 0 aliphatic rings. The molecule has 0 saturated heterocycles. The lowest BCUT2D eigenvalue weighted by molar-refractivity contribution is 0.462. The highest BCUT2D eigenvalue weighted by Crippen LogP contribution is 2.25. The van der Waals surface area contributed by atoms with Crippen LogP contribution in [-0.2, 0) is 0 Å². The summed E-state index contributed by atoms with van der Waals surface area (Å²) in [6, 6.07) is 4.81. The summed E-state index contributed by atoms with van der Waals surface area (Å²) in [6.07, 6.45) is 0. The maximum atomic E-state index is 9.38. The molecular weight excluding hydrogens is 220 g/mol. The molecule has 66 valence electrons. The first kappa shape index (κ1) is 9.51. The van der Waals surface area contributed by atoms with Crippen molar-refractivity contribution in [3.63, 3.8) is 0 Å². The van der Waals surface area contributed by atoms with Gasteiger partial charge in [-0.1, -0.05) is 15.9 Å². The summed E-state index contributed by atoms with van der Waals surface area (Å²) >= 11 is 3.29. The van der Waals surface area contributed by atoms with Crippen LogP contribution in [0.15, 0.2) is 22.7 Å². The van der Waals surface area contributed by atoms with Crippen molar-refractivity contribution in [1.82, 2.24) is 0 Å². The van der Waals surface area contributed by atoms with E-state index in [1.807, 2.05) is 0 Å². The van der Waals surface area contributed by atoms with Crippen molar-refractivity contribution in [2.24, 2.45) is 11.5 Å². The van der Waals surface area contributed by atoms with Gasteiger partial charge in [-0.2, -0.15) is 0 Å². The second kappa shape index (κ2) is 3.89. The summed E-state index contributed by atoms with van der Waals surface area (Å²) in [5.41, 5.74) is 11.7. The van der Waals surface area contributed by atoms with Crippen LogP contribution in [0.3, 0.4) is 0 Å². The molecule has 1 atom stereocenters. The molecule has 4 heteroatoms. The second-order valence-corrected chi connectivity index (χ2v) is 3.46. The third-order valence-electron chi connectivity index (χ3n) is 1.64. The Hall–Kier alpha value is -0.580. The van der Waals surface area contributed by atoms with Crippen LogP contribution < -0.4 is 11.5 Å². The molecular formula is C8H11BrN2O. The second-order valence-electron chi connectivity index (χ2n) is 2.55. The molecule has 0 fully saturated rings. The van der Waals surface area contributed by atoms with Gasteiger partial charge in [-0.05, 0) is 18.2 Å². The predicted octanol–water partition coefficient (Wildman–Crippen LogP) is 1.11. The van der Waals surface area contributed by atoms with E-state index < -0.39 is 0 Å². The topological polar surface area (TPSA) is 72.3 Å². The first-order valence-electron chi connectivity index (χ1n) is 3.59. The van der Waals surface area contributed by atoms with Gasteiger partial charge in [0.1, 0.15) is 5.75 Å². The Labute approximate surface area is 79.5 Å². The fraction of sp³-hybridized carbons (Fsp3) is 0.250. The first-order valence-corrected chi connectivity index (χ1v) is 4.38. The van der Waals surface area contributed by atoms with Gasteiger partial charge in [-0.15, -0.1) is 0 Å². The summed E-state index contributed by atoms with van der Waals surface area (Å²) in [6.45, 7) is 0.323. The summed E-state index contributed by atoms with van der Waals surface area (Å²) in [7, 11) is 0. The van der Waals surface area contributed by atoms with Crippen molar-refractivity contribution in [2.75, 3.05) is 6.54 Å². The Morgan fingerprint density at radius 3 is 2.75 bits per heavy atom. The number of benzene rings is 1. The molecule has 5 N–H and O–H groups in total. The quantitative estimate of drug-likeness (QED) is 0.713. The standard InChI is InChI=1S/C8H11BrN2O/c9-5-1-2-8(12)6(3-5)7(11)4-10/h1-3,7,12H,4,10-11H2/t7-/m1/s1. The predicted molar refractivity (Wildman–Crippen MR) is 51.8 cm³/mol. The Morgan fingerprint density at radius 2 is 2.17 bits per heavy atom. The number of phenolic OH excluding ortho intramolecular Hbond substituents is 1. The Balaban J connectivity index is 3.04.